The molecule has 0 saturated carbocycles. The standard InChI is InChI=1S/C15H20N2O2/c1-11(2)10-17-15(18)13(9-16)8-12-4-6-14(19-3)7-5-12/h4-7,11,13H,8,10H2,1-3H3,(H,17,18). The molecule has 0 spiro atoms. The molecule has 1 atom stereocenters. The van der Waals surface area contributed by atoms with Gasteiger partial charge in [0.1, 0.15) is 11.7 Å². The summed E-state index contributed by atoms with van der Waals surface area (Å²) < 4.78 is 5.07. The molecule has 0 bridgehead atoms. The van der Waals surface area contributed by atoms with Gasteiger partial charge >= 0.3 is 0 Å². The fourth-order valence-corrected chi connectivity index (χ4v) is 1.62. The van der Waals surface area contributed by atoms with Gasteiger partial charge in [0.15, 0.2) is 0 Å². The monoisotopic (exact) mass is 260 g/mol. The lowest BCUT2D eigenvalue weighted by molar-refractivity contribution is -0.123. The topological polar surface area (TPSA) is 62.1 Å². The summed E-state index contributed by atoms with van der Waals surface area (Å²) in [5.74, 6) is 0.296. The molecule has 1 unspecified atom stereocenters. The van der Waals surface area contributed by atoms with Crippen molar-refractivity contribution in [3.05, 3.63) is 29.8 Å². The molecule has 1 aromatic rings. The predicted molar refractivity (Wildman–Crippen MR) is 73.6 cm³/mol. The molecule has 0 saturated heterocycles. The molecule has 4 nitrogen and oxygen atoms in total. The lowest BCUT2D eigenvalue weighted by Gasteiger charge is -2.12. The van der Waals surface area contributed by atoms with Crippen molar-refractivity contribution in [1.82, 2.24) is 5.32 Å². The SMILES string of the molecule is COc1ccc(CC(C#N)C(=O)NCC(C)C)cc1. The number of benzene rings is 1. The number of nitrogens with zero attached hydrogens (tertiary/aromatic N) is 1. The maximum Gasteiger partial charge on any atom is 0.237 e. The molecule has 4 heteroatoms. The first-order valence-electron chi connectivity index (χ1n) is 6.37. The van der Waals surface area contributed by atoms with E-state index >= 15 is 0 Å². The Hall–Kier alpha value is -2.02. The van der Waals surface area contributed by atoms with Crippen LogP contribution in [0.15, 0.2) is 24.3 Å². The number of nitrogens with one attached hydrogen (secondary N) is 1. The number of carbonyl (C=O) groups excluding carboxylic acids is 1. The van der Waals surface area contributed by atoms with Gasteiger partial charge in [0, 0.05) is 6.54 Å². The van der Waals surface area contributed by atoms with Gasteiger partial charge in [0.2, 0.25) is 5.91 Å². The smallest absolute Gasteiger partial charge is 0.237 e. The highest BCUT2D eigenvalue weighted by atomic mass is 16.5. The molecule has 1 rings (SSSR count). The molecule has 19 heavy (non-hydrogen) atoms. The van der Waals surface area contributed by atoms with Crippen molar-refractivity contribution in [1.29, 1.82) is 5.26 Å². The number of carbonyl (C=O) groups is 1. The zero-order chi connectivity index (χ0) is 14.3. The third-order valence-corrected chi connectivity index (χ3v) is 2.76. The Morgan fingerprint density at radius 3 is 2.47 bits per heavy atom. The van der Waals surface area contributed by atoms with Gasteiger partial charge in [-0.2, -0.15) is 5.26 Å². The van der Waals surface area contributed by atoms with Gasteiger partial charge in [-0.1, -0.05) is 26.0 Å². The molecular formula is C15H20N2O2. The highest BCUT2D eigenvalue weighted by molar-refractivity contribution is 5.81. The Labute approximate surface area is 114 Å². The van der Waals surface area contributed by atoms with E-state index in [-0.39, 0.29) is 5.91 Å². The van der Waals surface area contributed by atoms with Crippen molar-refractivity contribution in [2.45, 2.75) is 20.3 Å². The Kier molecular flexibility index (Phi) is 5.87. The zero-order valence-corrected chi connectivity index (χ0v) is 11.6. The lowest BCUT2D eigenvalue weighted by Crippen LogP contribution is -2.33. The molecule has 0 radical (unpaired) electrons. The van der Waals surface area contributed by atoms with Gasteiger partial charge in [-0.3, -0.25) is 4.79 Å². The summed E-state index contributed by atoms with van der Waals surface area (Å²) in [4.78, 5) is 11.8. The molecule has 0 heterocycles. The first-order chi connectivity index (χ1) is 9.06. The van der Waals surface area contributed by atoms with Crippen LogP contribution in [0.3, 0.4) is 0 Å². The van der Waals surface area contributed by atoms with E-state index in [1.165, 1.54) is 0 Å². The molecule has 1 N–H and O–H groups in total. The lowest BCUT2D eigenvalue weighted by atomic mass is 9.99. The molecule has 102 valence electrons. The van der Waals surface area contributed by atoms with Crippen LogP contribution in [0.1, 0.15) is 19.4 Å². The van der Waals surface area contributed by atoms with Gasteiger partial charge < -0.3 is 10.1 Å². The fraction of sp³-hybridized carbons (Fsp3) is 0.467. The largest absolute Gasteiger partial charge is 0.497 e. The Morgan fingerprint density at radius 2 is 2.00 bits per heavy atom. The summed E-state index contributed by atoms with van der Waals surface area (Å²) in [5.41, 5.74) is 0.951. The molecular weight excluding hydrogens is 240 g/mol. The quantitative estimate of drug-likeness (QED) is 0.852. The number of nitriles is 1. The van der Waals surface area contributed by atoms with Crippen LogP contribution in [-0.4, -0.2) is 19.6 Å². The van der Waals surface area contributed by atoms with Gasteiger partial charge in [-0.25, -0.2) is 0 Å². The van der Waals surface area contributed by atoms with E-state index in [0.29, 0.717) is 18.9 Å². The van der Waals surface area contributed by atoms with Crippen LogP contribution < -0.4 is 10.1 Å². The Morgan fingerprint density at radius 1 is 1.37 bits per heavy atom. The third kappa shape index (κ3) is 5.01. The number of ether oxygens (including phenoxy) is 1. The van der Waals surface area contributed by atoms with Crippen molar-refractivity contribution in [2.24, 2.45) is 11.8 Å². The minimum atomic E-state index is -0.646. The molecule has 0 aromatic heterocycles. The van der Waals surface area contributed by atoms with Crippen LogP contribution in [0.25, 0.3) is 0 Å². The predicted octanol–water partition coefficient (Wildman–Crippen LogP) is 2.15. The number of amides is 1. The first-order valence-corrected chi connectivity index (χ1v) is 6.37. The number of hydrogen-bond acceptors (Lipinski definition) is 3. The molecule has 0 fully saturated rings. The van der Waals surface area contributed by atoms with Crippen LogP contribution in [0.2, 0.25) is 0 Å². The van der Waals surface area contributed by atoms with Crippen molar-refractivity contribution in [3.8, 4) is 11.8 Å². The van der Waals surface area contributed by atoms with Crippen LogP contribution in [0, 0.1) is 23.2 Å². The number of hydrogen-bond donors (Lipinski definition) is 1. The fourth-order valence-electron chi connectivity index (χ4n) is 1.62. The summed E-state index contributed by atoms with van der Waals surface area (Å²) in [7, 11) is 1.60. The van der Waals surface area contributed by atoms with E-state index in [1.807, 2.05) is 38.1 Å². The normalized spacial score (nSPS) is 11.7. The van der Waals surface area contributed by atoms with Crippen LogP contribution in [-0.2, 0) is 11.2 Å². The summed E-state index contributed by atoms with van der Waals surface area (Å²) in [6.07, 6.45) is 0.421. The third-order valence-electron chi connectivity index (χ3n) is 2.76. The van der Waals surface area contributed by atoms with Gasteiger partial charge in [-0.05, 0) is 30.0 Å². The van der Waals surface area contributed by atoms with Gasteiger partial charge in [0.25, 0.3) is 0 Å². The molecule has 1 amide bonds. The number of rotatable bonds is 6. The van der Waals surface area contributed by atoms with E-state index in [2.05, 4.69) is 11.4 Å². The average Bonchev–Trinajstić information content (AvgIpc) is 2.42. The van der Waals surface area contributed by atoms with Gasteiger partial charge in [-0.15, -0.1) is 0 Å². The summed E-state index contributed by atoms with van der Waals surface area (Å²) in [6.45, 7) is 4.63. The summed E-state index contributed by atoms with van der Waals surface area (Å²) >= 11 is 0. The second-order valence-electron chi connectivity index (χ2n) is 4.87. The highest BCUT2D eigenvalue weighted by Gasteiger charge is 2.18. The number of methoxy groups -OCH3 is 1. The van der Waals surface area contributed by atoms with Crippen molar-refractivity contribution in [3.63, 3.8) is 0 Å². The minimum Gasteiger partial charge on any atom is -0.497 e. The van der Waals surface area contributed by atoms with E-state index in [0.717, 1.165) is 11.3 Å². The average molecular weight is 260 g/mol. The molecule has 0 aliphatic rings. The second kappa shape index (κ2) is 7.42. The molecule has 0 aliphatic carbocycles. The molecule has 0 aliphatic heterocycles. The summed E-state index contributed by atoms with van der Waals surface area (Å²) in [5, 5.41) is 11.9. The maximum atomic E-state index is 11.8. The maximum absolute atomic E-state index is 11.8. The van der Waals surface area contributed by atoms with Crippen LogP contribution >= 0.6 is 0 Å². The van der Waals surface area contributed by atoms with E-state index < -0.39 is 5.92 Å². The van der Waals surface area contributed by atoms with Gasteiger partial charge in [0.05, 0.1) is 13.2 Å². The van der Waals surface area contributed by atoms with Crippen LogP contribution in [0.5, 0.6) is 5.75 Å². The highest BCUT2D eigenvalue weighted by Crippen LogP contribution is 2.14. The minimum absolute atomic E-state index is 0.202. The van der Waals surface area contributed by atoms with E-state index in [9.17, 15) is 4.79 Å². The zero-order valence-electron chi connectivity index (χ0n) is 11.6. The van der Waals surface area contributed by atoms with Crippen LogP contribution in [0.4, 0.5) is 0 Å². The van der Waals surface area contributed by atoms with Crippen molar-refractivity contribution in [2.75, 3.05) is 13.7 Å². The van der Waals surface area contributed by atoms with Crippen molar-refractivity contribution >= 4 is 5.91 Å². The second-order valence-corrected chi connectivity index (χ2v) is 4.87. The van der Waals surface area contributed by atoms with E-state index in [1.54, 1.807) is 7.11 Å². The van der Waals surface area contributed by atoms with E-state index in [4.69, 9.17) is 10.00 Å². The summed E-state index contributed by atoms with van der Waals surface area (Å²) in [6, 6.07) is 9.47. The first kappa shape index (κ1) is 15.0. The Balaban J connectivity index is 2.60. The Bertz CT molecular complexity index is 446. The molecule has 1 aromatic carbocycles. The van der Waals surface area contributed by atoms with Crippen molar-refractivity contribution < 1.29 is 9.53 Å².